The fourth-order valence-corrected chi connectivity index (χ4v) is 4.29. The highest BCUT2D eigenvalue weighted by atomic mass is 35.5. The van der Waals surface area contributed by atoms with Crippen LogP contribution in [0.4, 0.5) is 24.7 Å². The van der Waals surface area contributed by atoms with Gasteiger partial charge in [0.15, 0.2) is 0 Å². The molecule has 2 N–H and O–H groups in total. The molecule has 0 fully saturated rings. The van der Waals surface area contributed by atoms with Crippen LogP contribution in [-0.2, 0) is 21.2 Å². The standard InChI is InChI=1S/C20H12ClF3N4O2/c21-14-3-1-2-12-16(14)27-18(30)19(12)8-15(29)26-17-13(19)9-25-28(17)11-6-4-10(5-7-11)20(22,23)24/h1-7,9H,8H2,(H,26,29)(H,27,30)/t19-/m0/s1. The minimum Gasteiger partial charge on any atom is -0.323 e. The number of carbonyl (C=O) groups is 2. The summed E-state index contributed by atoms with van der Waals surface area (Å²) < 4.78 is 39.9. The van der Waals surface area contributed by atoms with Gasteiger partial charge >= 0.3 is 6.18 Å². The van der Waals surface area contributed by atoms with Gasteiger partial charge in [0.2, 0.25) is 11.8 Å². The fraction of sp³-hybridized carbons (Fsp3) is 0.150. The lowest BCUT2D eigenvalue weighted by molar-refractivity contribution is -0.137. The molecule has 5 rings (SSSR count). The number of rotatable bonds is 1. The molecular weight excluding hydrogens is 421 g/mol. The van der Waals surface area contributed by atoms with E-state index in [1.54, 1.807) is 18.2 Å². The van der Waals surface area contributed by atoms with Crippen molar-refractivity contribution in [2.24, 2.45) is 0 Å². The third kappa shape index (κ3) is 2.48. The Kier molecular flexibility index (Phi) is 3.79. The minimum atomic E-state index is -4.47. The van der Waals surface area contributed by atoms with Crippen LogP contribution in [0.5, 0.6) is 0 Å². The second kappa shape index (κ2) is 6.09. The van der Waals surface area contributed by atoms with E-state index in [4.69, 9.17) is 11.6 Å². The van der Waals surface area contributed by atoms with Crippen molar-refractivity contribution in [2.45, 2.75) is 18.0 Å². The minimum absolute atomic E-state index is 0.141. The lowest BCUT2D eigenvalue weighted by Crippen LogP contribution is -2.43. The molecule has 152 valence electrons. The average molecular weight is 433 g/mol. The number of benzene rings is 2. The van der Waals surface area contributed by atoms with Crippen LogP contribution in [0.25, 0.3) is 5.69 Å². The lowest BCUT2D eigenvalue weighted by atomic mass is 9.72. The summed E-state index contributed by atoms with van der Waals surface area (Å²) in [5.74, 6) is -0.596. The van der Waals surface area contributed by atoms with Gasteiger partial charge in [-0.2, -0.15) is 18.3 Å². The number of alkyl halides is 3. The number of halogens is 4. The van der Waals surface area contributed by atoms with Crippen LogP contribution >= 0.6 is 11.6 Å². The van der Waals surface area contributed by atoms with Crippen LogP contribution < -0.4 is 10.6 Å². The molecule has 30 heavy (non-hydrogen) atoms. The number of para-hydroxylation sites is 1. The Labute approximate surface area is 172 Å². The summed E-state index contributed by atoms with van der Waals surface area (Å²) in [6, 6.07) is 9.41. The maximum atomic E-state index is 13.1. The summed E-state index contributed by atoms with van der Waals surface area (Å²) in [7, 11) is 0. The van der Waals surface area contributed by atoms with Gasteiger partial charge in [-0.25, -0.2) is 4.68 Å². The second-order valence-corrected chi connectivity index (χ2v) is 7.52. The molecule has 0 saturated heterocycles. The molecule has 10 heteroatoms. The number of fused-ring (bicyclic) bond motifs is 4. The molecule has 1 spiro atoms. The van der Waals surface area contributed by atoms with Crippen LogP contribution in [0.2, 0.25) is 5.02 Å². The first kappa shape index (κ1) is 18.7. The van der Waals surface area contributed by atoms with E-state index < -0.39 is 29.0 Å². The first-order chi connectivity index (χ1) is 14.2. The first-order valence-corrected chi connectivity index (χ1v) is 9.26. The summed E-state index contributed by atoms with van der Waals surface area (Å²) in [5.41, 5.74) is -0.365. The topological polar surface area (TPSA) is 76.0 Å². The van der Waals surface area contributed by atoms with Crippen LogP contribution in [0.3, 0.4) is 0 Å². The van der Waals surface area contributed by atoms with Gasteiger partial charge in [-0.1, -0.05) is 23.7 Å². The summed E-state index contributed by atoms with van der Waals surface area (Å²) in [4.78, 5) is 25.6. The van der Waals surface area contributed by atoms with Gasteiger partial charge in [-0.05, 0) is 35.9 Å². The summed E-state index contributed by atoms with van der Waals surface area (Å²) in [6.45, 7) is 0. The molecule has 1 aromatic heterocycles. The molecule has 0 aliphatic carbocycles. The number of hydrogen-bond acceptors (Lipinski definition) is 3. The van der Waals surface area contributed by atoms with Crippen molar-refractivity contribution < 1.29 is 22.8 Å². The fourth-order valence-electron chi connectivity index (χ4n) is 4.07. The largest absolute Gasteiger partial charge is 0.416 e. The van der Waals surface area contributed by atoms with E-state index in [2.05, 4.69) is 15.7 Å². The molecule has 0 radical (unpaired) electrons. The van der Waals surface area contributed by atoms with Crippen molar-refractivity contribution in [1.29, 1.82) is 0 Å². The Hall–Kier alpha value is -3.33. The van der Waals surface area contributed by atoms with Gasteiger partial charge in [-0.15, -0.1) is 0 Å². The maximum absolute atomic E-state index is 13.1. The SMILES string of the molecule is O=C1C[C@@]2(C(=O)Nc3c(Cl)cccc32)c2cnn(-c3ccc(C(F)(F)F)cc3)c2N1. The predicted octanol–water partition coefficient (Wildman–Crippen LogP) is 4.12. The summed E-state index contributed by atoms with van der Waals surface area (Å²) in [5, 5.41) is 10.0. The Bertz CT molecular complexity index is 1220. The van der Waals surface area contributed by atoms with E-state index in [-0.39, 0.29) is 12.2 Å². The van der Waals surface area contributed by atoms with E-state index in [1.807, 2.05) is 0 Å². The second-order valence-electron chi connectivity index (χ2n) is 7.11. The van der Waals surface area contributed by atoms with Gasteiger partial charge in [0.25, 0.3) is 0 Å². The Morgan fingerprint density at radius 2 is 1.77 bits per heavy atom. The van der Waals surface area contributed by atoms with E-state index in [9.17, 15) is 22.8 Å². The smallest absolute Gasteiger partial charge is 0.323 e. The highest BCUT2D eigenvalue weighted by Crippen LogP contribution is 2.51. The Morgan fingerprint density at radius 1 is 1.03 bits per heavy atom. The molecule has 2 aliphatic rings. The zero-order chi connectivity index (χ0) is 21.3. The van der Waals surface area contributed by atoms with Gasteiger partial charge in [0.1, 0.15) is 11.2 Å². The molecule has 2 aliphatic heterocycles. The molecule has 1 atom stereocenters. The Balaban J connectivity index is 1.68. The van der Waals surface area contributed by atoms with Crippen LogP contribution in [0, 0.1) is 0 Å². The van der Waals surface area contributed by atoms with Gasteiger partial charge in [-0.3, -0.25) is 9.59 Å². The van der Waals surface area contributed by atoms with Crippen molar-refractivity contribution in [3.05, 3.63) is 70.4 Å². The Morgan fingerprint density at radius 3 is 2.47 bits per heavy atom. The van der Waals surface area contributed by atoms with Crippen molar-refractivity contribution in [3.8, 4) is 5.69 Å². The number of nitrogens with zero attached hydrogens (tertiary/aromatic N) is 2. The highest BCUT2D eigenvalue weighted by molar-refractivity contribution is 6.35. The average Bonchev–Trinajstić information content (AvgIpc) is 3.23. The maximum Gasteiger partial charge on any atom is 0.416 e. The molecule has 3 aromatic rings. The molecule has 3 heterocycles. The molecule has 0 saturated carbocycles. The molecule has 0 bridgehead atoms. The highest BCUT2D eigenvalue weighted by Gasteiger charge is 2.54. The molecule has 2 aromatic carbocycles. The molecule has 2 amide bonds. The first-order valence-electron chi connectivity index (χ1n) is 8.88. The van der Waals surface area contributed by atoms with Crippen molar-refractivity contribution in [2.75, 3.05) is 10.6 Å². The molecular formula is C20H12ClF3N4O2. The number of aromatic nitrogens is 2. The number of amides is 2. The van der Waals surface area contributed by atoms with E-state index in [0.29, 0.717) is 27.5 Å². The zero-order valence-corrected chi connectivity index (χ0v) is 15.8. The van der Waals surface area contributed by atoms with Gasteiger partial charge in [0.05, 0.1) is 28.2 Å². The van der Waals surface area contributed by atoms with Gasteiger partial charge in [0, 0.05) is 12.0 Å². The number of hydrogen-bond donors (Lipinski definition) is 2. The number of nitrogens with one attached hydrogen (secondary N) is 2. The lowest BCUT2D eigenvalue weighted by Gasteiger charge is -2.31. The van der Waals surface area contributed by atoms with Crippen molar-refractivity contribution in [1.82, 2.24) is 9.78 Å². The summed E-state index contributed by atoms with van der Waals surface area (Å²) in [6.07, 6.45) is -3.16. The van der Waals surface area contributed by atoms with Crippen LogP contribution in [0.1, 0.15) is 23.1 Å². The van der Waals surface area contributed by atoms with Crippen molar-refractivity contribution >= 4 is 34.9 Å². The van der Waals surface area contributed by atoms with E-state index in [1.165, 1.54) is 23.0 Å². The third-order valence-electron chi connectivity index (χ3n) is 5.45. The van der Waals surface area contributed by atoms with E-state index >= 15 is 0 Å². The van der Waals surface area contributed by atoms with Crippen LogP contribution in [0.15, 0.2) is 48.7 Å². The number of anilines is 2. The number of carbonyl (C=O) groups excluding carboxylic acids is 2. The monoisotopic (exact) mass is 432 g/mol. The predicted molar refractivity (Wildman–Crippen MR) is 103 cm³/mol. The zero-order valence-electron chi connectivity index (χ0n) is 15.0. The van der Waals surface area contributed by atoms with Crippen LogP contribution in [-0.4, -0.2) is 21.6 Å². The van der Waals surface area contributed by atoms with Gasteiger partial charge < -0.3 is 10.6 Å². The molecule has 0 unspecified atom stereocenters. The third-order valence-corrected chi connectivity index (χ3v) is 5.77. The van der Waals surface area contributed by atoms with Crippen molar-refractivity contribution in [3.63, 3.8) is 0 Å². The summed E-state index contributed by atoms with van der Waals surface area (Å²) >= 11 is 6.23. The van der Waals surface area contributed by atoms with E-state index in [0.717, 1.165) is 12.1 Å². The molecule has 6 nitrogen and oxygen atoms in total. The normalized spacial score (nSPS) is 20.0. The quantitative estimate of drug-likeness (QED) is 0.607.